The van der Waals surface area contributed by atoms with Crippen LogP contribution in [0.25, 0.3) is 11.4 Å². The molecule has 1 aromatic carbocycles. The number of hydrogen-bond donors (Lipinski definition) is 3. The standard InChI is InChI=1S/C22H22F2N8O/c1-15(22(33,12-31-14-26-13-27-31)18-3-2-17(23)10-19(18)24)30-8-9-32-20(11-30)28-21(29-32)16-4-6-25-7-5-16/h2-7,10,13-15,33H,8-9,11-12H2,1H3/p+2/t15-,22-/m1/s1. The highest BCUT2D eigenvalue weighted by atomic mass is 19.1. The summed E-state index contributed by atoms with van der Waals surface area (Å²) in [6.45, 7) is 3.52. The average Bonchev–Trinajstić information content (AvgIpc) is 3.48. The van der Waals surface area contributed by atoms with Gasteiger partial charge in [-0.05, 0) is 35.1 Å². The molecule has 33 heavy (non-hydrogen) atoms. The molecule has 0 unspecified atom stereocenters. The van der Waals surface area contributed by atoms with Gasteiger partial charge in [-0.15, -0.1) is 0 Å². The van der Waals surface area contributed by atoms with Gasteiger partial charge in [0.25, 0.3) is 5.82 Å². The number of rotatable bonds is 6. The molecule has 1 aliphatic heterocycles. The molecule has 0 saturated carbocycles. The number of aromatic nitrogens is 7. The van der Waals surface area contributed by atoms with Crippen LogP contribution in [-0.2, 0) is 25.2 Å². The zero-order valence-corrected chi connectivity index (χ0v) is 18.0. The number of pyridine rings is 1. The maximum absolute atomic E-state index is 14.9. The largest absolute Gasteiger partial charge is 0.379 e. The maximum atomic E-state index is 14.9. The van der Waals surface area contributed by atoms with Crippen LogP contribution >= 0.6 is 0 Å². The molecule has 3 aromatic heterocycles. The summed E-state index contributed by atoms with van der Waals surface area (Å²) >= 11 is 0. The molecule has 0 saturated heterocycles. The summed E-state index contributed by atoms with van der Waals surface area (Å²) in [5.74, 6) is 0.0432. The quantitative estimate of drug-likeness (QED) is 0.375. The van der Waals surface area contributed by atoms with Crippen LogP contribution in [0.4, 0.5) is 8.78 Å². The normalized spacial score (nSPS) is 16.8. The van der Waals surface area contributed by atoms with E-state index < -0.39 is 23.3 Å². The number of H-pyrrole nitrogens is 2. The number of aliphatic hydroxyl groups is 1. The molecule has 5 rings (SSSR count). The van der Waals surface area contributed by atoms with E-state index in [4.69, 9.17) is 4.98 Å². The van der Waals surface area contributed by atoms with Crippen molar-refractivity contribution in [1.29, 1.82) is 0 Å². The Labute approximate surface area is 188 Å². The fraction of sp³-hybridized carbons (Fsp3) is 0.318. The fourth-order valence-electron chi connectivity index (χ4n) is 4.36. The molecule has 4 aromatic rings. The summed E-state index contributed by atoms with van der Waals surface area (Å²) in [5, 5.41) is 18.1. The van der Waals surface area contributed by atoms with E-state index in [0.29, 0.717) is 19.6 Å². The molecule has 0 aliphatic carbocycles. The Hall–Kier alpha value is -3.57. The minimum atomic E-state index is -1.67. The Morgan fingerprint density at radius 2 is 2.03 bits per heavy atom. The second-order valence-electron chi connectivity index (χ2n) is 8.22. The van der Waals surface area contributed by atoms with Crippen molar-refractivity contribution in [2.45, 2.75) is 38.2 Å². The molecule has 0 spiro atoms. The summed E-state index contributed by atoms with van der Waals surface area (Å²) in [4.78, 5) is 14.8. The minimum absolute atomic E-state index is 0.00997. The van der Waals surface area contributed by atoms with E-state index in [-0.39, 0.29) is 12.1 Å². The van der Waals surface area contributed by atoms with Crippen molar-refractivity contribution in [2.75, 3.05) is 6.54 Å². The van der Waals surface area contributed by atoms with Gasteiger partial charge in [-0.25, -0.2) is 8.78 Å². The average molecular weight is 454 g/mol. The number of halogens is 2. The van der Waals surface area contributed by atoms with Crippen LogP contribution in [-0.4, -0.2) is 47.7 Å². The van der Waals surface area contributed by atoms with Crippen molar-refractivity contribution in [3.63, 3.8) is 0 Å². The molecule has 9 nitrogen and oxygen atoms in total. The highest BCUT2D eigenvalue weighted by molar-refractivity contribution is 5.52. The molecule has 11 heteroatoms. The third-order valence-corrected chi connectivity index (χ3v) is 6.25. The first-order valence-corrected chi connectivity index (χ1v) is 10.6. The Bertz CT molecular complexity index is 1250. The molecular formula is C22H24F2N8O+2. The van der Waals surface area contributed by atoms with Crippen molar-refractivity contribution < 1.29 is 23.3 Å². The van der Waals surface area contributed by atoms with E-state index in [1.165, 1.54) is 18.7 Å². The lowest BCUT2D eigenvalue weighted by molar-refractivity contribution is -0.768. The van der Waals surface area contributed by atoms with Crippen LogP contribution in [0.1, 0.15) is 18.3 Å². The lowest BCUT2D eigenvalue weighted by atomic mass is 9.85. The first-order valence-electron chi connectivity index (χ1n) is 10.6. The van der Waals surface area contributed by atoms with E-state index in [2.05, 4.69) is 20.2 Å². The van der Waals surface area contributed by atoms with E-state index in [1.807, 2.05) is 28.6 Å². The molecule has 1 aliphatic rings. The van der Waals surface area contributed by atoms with Crippen LogP contribution in [0.5, 0.6) is 0 Å². The number of nitrogens with one attached hydrogen (secondary N) is 2. The predicted octanol–water partition coefficient (Wildman–Crippen LogP) is 0.840. The molecule has 2 atom stereocenters. The van der Waals surface area contributed by atoms with Crippen LogP contribution in [0, 0.1) is 11.6 Å². The van der Waals surface area contributed by atoms with Crippen LogP contribution in [0.15, 0.2) is 55.4 Å². The number of fused-ring (bicyclic) bond motifs is 1. The summed E-state index contributed by atoms with van der Waals surface area (Å²) in [6, 6.07) is 6.49. The van der Waals surface area contributed by atoms with Crippen molar-refractivity contribution in [1.82, 2.24) is 30.0 Å². The van der Waals surface area contributed by atoms with E-state index in [0.717, 1.165) is 29.3 Å². The Morgan fingerprint density at radius 1 is 1.21 bits per heavy atom. The summed E-state index contributed by atoms with van der Waals surface area (Å²) in [6.07, 6.45) is 6.40. The maximum Gasteiger partial charge on any atom is 0.333 e. The minimum Gasteiger partial charge on any atom is -0.379 e. The SMILES string of the molecule is C[C@@H](N1CC[n+]2[nH]c(-c3ccncc3)nc2C1)[C@](O)(C[n+]1cnc[nH]1)c1ccc(F)cc1F. The summed E-state index contributed by atoms with van der Waals surface area (Å²) in [7, 11) is 0. The zero-order chi connectivity index (χ0) is 23.0. The Balaban J connectivity index is 1.46. The van der Waals surface area contributed by atoms with Crippen LogP contribution in [0.2, 0.25) is 0 Å². The zero-order valence-electron chi connectivity index (χ0n) is 18.0. The number of hydrogen-bond acceptors (Lipinski definition) is 5. The monoisotopic (exact) mass is 454 g/mol. The van der Waals surface area contributed by atoms with Gasteiger partial charge in [-0.3, -0.25) is 9.88 Å². The van der Waals surface area contributed by atoms with Crippen LogP contribution < -0.4 is 9.36 Å². The van der Waals surface area contributed by atoms with Gasteiger partial charge in [0.05, 0.1) is 0 Å². The predicted molar refractivity (Wildman–Crippen MR) is 111 cm³/mol. The van der Waals surface area contributed by atoms with E-state index >= 15 is 0 Å². The van der Waals surface area contributed by atoms with Gasteiger partial charge in [0.2, 0.25) is 6.33 Å². The number of benzene rings is 1. The first kappa shape index (κ1) is 21.3. The van der Waals surface area contributed by atoms with Crippen LogP contribution in [0.3, 0.4) is 0 Å². The molecule has 3 N–H and O–H groups in total. The molecule has 4 heterocycles. The lowest BCUT2D eigenvalue weighted by Gasteiger charge is -2.40. The van der Waals surface area contributed by atoms with Gasteiger partial charge >= 0.3 is 12.2 Å². The Kier molecular flexibility index (Phi) is 5.43. The smallest absolute Gasteiger partial charge is 0.333 e. The lowest BCUT2D eigenvalue weighted by Crippen LogP contribution is -2.61. The third-order valence-electron chi connectivity index (χ3n) is 6.25. The fourth-order valence-corrected chi connectivity index (χ4v) is 4.36. The van der Waals surface area contributed by atoms with E-state index in [9.17, 15) is 13.9 Å². The summed E-state index contributed by atoms with van der Waals surface area (Å²) in [5.41, 5.74) is -0.718. The number of aromatic amines is 2. The molecule has 0 amide bonds. The first-order chi connectivity index (χ1) is 15.9. The second-order valence-corrected chi connectivity index (χ2v) is 8.22. The Morgan fingerprint density at radius 3 is 2.76 bits per heavy atom. The van der Waals surface area contributed by atoms with Gasteiger partial charge in [0, 0.05) is 42.2 Å². The molecule has 0 fully saturated rings. The topological polar surface area (TPSA) is 101 Å². The van der Waals surface area contributed by atoms with Crippen molar-refractivity contribution >= 4 is 0 Å². The van der Waals surface area contributed by atoms with E-state index in [1.54, 1.807) is 17.1 Å². The van der Waals surface area contributed by atoms with Gasteiger partial charge in [0.15, 0.2) is 0 Å². The molecule has 0 bridgehead atoms. The number of nitrogens with zero attached hydrogens (tertiary/aromatic N) is 6. The van der Waals surface area contributed by atoms with Crippen molar-refractivity contribution in [3.05, 3.63) is 78.4 Å². The van der Waals surface area contributed by atoms with Gasteiger partial charge in [0.1, 0.15) is 36.9 Å². The van der Waals surface area contributed by atoms with Gasteiger partial charge in [-0.2, -0.15) is 19.6 Å². The third kappa shape index (κ3) is 4.00. The molecular weight excluding hydrogens is 430 g/mol. The van der Waals surface area contributed by atoms with Crippen molar-refractivity contribution in [2.24, 2.45) is 0 Å². The molecule has 170 valence electrons. The highest BCUT2D eigenvalue weighted by Gasteiger charge is 2.45. The van der Waals surface area contributed by atoms with Gasteiger partial charge in [-0.1, -0.05) is 6.07 Å². The van der Waals surface area contributed by atoms with Crippen molar-refractivity contribution in [3.8, 4) is 11.4 Å². The molecule has 0 radical (unpaired) electrons. The van der Waals surface area contributed by atoms with Gasteiger partial charge < -0.3 is 5.11 Å². The second kappa shape index (κ2) is 8.41. The highest BCUT2D eigenvalue weighted by Crippen LogP contribution is 2.32. The summed E-state index contributed by atoms with van der Waals surface area (Å²) < 4.78 is 32.0.